The Hall–Kier alpha value is -1.94. The third-order valence-electron chi connectivity index (χ3n) is 3.28. The van der Waals surface area contributed by atoms with E-state index >= 15 is 0 Å². The monoisotopic (exact) mass is 283 g/mol. The van der Waals surface area contributed by atoms with Crippen LogP contribution in [0.5, 0.6) is 0 Å². The molecule has 0 spiro atoms. The zero-order valence-corrected chi connectivity index (χ0v) is 12.7. The van der Waals surface area contributed by atoms with Crippen LogP contribution in [0.2, 0.25) is 0 Å². The number of nitrogens with zero attached hydrogens (tertiary/aromatic N) is 2. The molecular weight excluding hydrogens is 266 g/mol. The minimum atomic E-state index is 0.891. The average Bonchev–Trinajstić information content (AvgIpc) is 2.88. The summed E-state index contributed by atoms with van der Waals surface area (Å²) in [7, 11) is 0. The van der Waals surface area contributed by atoms with Crippen LogP contribution in [-0.4, -0.2) is 16.5 Å². The molecule has 0 aliphatic carbocycles. The maximum absolute atomic E-state index is 4.67. The fraction of sp³-hybridized carbons (Fsp3) is 0.250. The molecule has 0 saturated heterocycles. The van der Waals surface area contributed by atoms with E-state index in [2.05, 4.69) is 58.8 Å². The van der Waals surface area contributed by atoms with E-state index in [0.717, 1.165) is 34.1 Å². The van der Waals surface area contributed by atoms with Gasteiger partial charge in [-0.2, -0.15) is 0 Å². The van der Waals surface area contributed by atoms with Gasteiger partial charge in [0.2, 0.25) is 0 Å². The van der Waals surface area contributed by atoms with Gasteiger partial charge in [-0.15, -0.1) is 11.3 Å². The predicted molar refractivity (Wildman–Crippen MR) is 86.5 cm³/mol. The van der Waals surface area contributed by atoms with E-state index in [1.54, 1.807) is 11.3 Å². The second-order valence-corrected chi connectivity index (χ2v) is 5.71. The van der Waals surface area contributed by atoms with Crippen molar-refractivity contribution in [3.63, 3.8) is 0 Å². The summed E-state index contributed by atoms with van der Waals surface area (Å²) in [6.45, 7) is 7.11. The summed E-state index contributed by atoms with van der Waals surface area (Å²) < 4.78 is 0. The number of nitrogens with one attached hydrogen (secondary N) is 1. The summed E-state index contributed by atoms with van der Waals surface area (Å²) in [5, 5.41) is 7.51. The van der Waals surface area contributed by atoms with Crippen LogP contribution < -0.4 is 5.32 Å². The van der Waals surface area contributed by atoms with Crippen LogP contribution in [0.3, 0.4) is 0 Å². The number of rotatable bonds is 3. The van der Waals surface area contributed by atoms with Crippen molar-refractivity contribution >= 4 is 27.4 Å². The molecule has 0 atom stereocenters. The Balaban J connectivity index is 2.21. The molecule has 0 fully saturated rings. The molecule has 0 aliphatic heterocycles. The van der Waals surface area contributed by atoms with Gasteiger partial charge in [0.1, 0.15) is 0 Å². The van der Waals surface area contributed by atoms with Gasteiger partial charge in [0.05, 0.1) is 11.2 Å². The lowest BCUT2D eigenvalue weighted by molar-refractivity contribution is 1.19. The van der Waals surface area contributed by atoms with Crippen LogP contribution in [-0.2, 0) is 0 Å². The van der Waals surface area contributed by atoms with Gasteiger partial charge in [0.25, 0.3) is 0 Å². The van der Waals surface area contributed by atoms with Gasteiger partial charge in [-0.05, 0) is 32.4 Å². The predicted octanol–water partition coefficient (Wildman–Crippen LogP) is 4.41. The molecule has 2 aromatic heterocycles. The van der Waals surface area contributed by atoms with Crippen molar-refractivity contribution in [2.24, 2.45) is 0 Å². The van der Waals surface area contributed by atoms with Crippen LogP contribution >= 0.6 is 11.3 Å². The van der Waals surface area contributed by atoms with Gasteiger partial charge >= 0.3 is 0 Å². The Morgan fingerprint density at radius 1 is 1.20 bits per heavy atom. The minimum absolute atomic E-state index is 0.891. The number of pyridine rings is 1. The first-order valence-electron chi connectivity index (χ1n) is 6.75. The summed E-state index contributed by atoms with van der Waals surface area (Å²) in [6.07, 6.45) is 0. The van der Waals surface area contributed by atoms with E-state index < -0.39 is 0 Å². The molecule has 1 aromatic carbocycles. The second-order valence-electron chi connectivity index (χ2n) is 4.85. The normalized spacial score (nSPS) is 10.9. The van der Waals surface area contributed by atoms with Crippen molar-refractivity contribution in [2.75, 3.05) is 11.9 Å². The first-order valence-corrected chi connectivity index (χ1v) is 7.63. The van der Waals surface area contributed by atoms with Gasteiger partial charge in [-0.25, -0.2) is 4.98 Å². The molecule has 0 bridgehead atoms. The van der Waals surface area contributed by atoms with Crippen molar-refractivity contribution in [2.45, 2.75) is 20.8 Å². The van der Waals surface area contributed by atoms with Crippen molar-refractivity contribution in [1.82, 2.24) is 9.97 Å². The number of aromatic nitrogens is 2. The summed E-state index contributed by atoms with van der Waals surface area (Å²) >= 11 is 1.64. The van der Waals surface area contributed by atoms with Crippen molar-refractivity contribution in [3.8, 4) is 11.3 Å². The van der Waals surface area contributed by atoms with Crippen LogP contribution in [0.15, 0.2) is 29.6 Å². The first-order chi connectivity index (χ1) is 9.69. The molecule has 0 unspecified atom stereocenters. The molecule has 3 aromatic rings. The van der Waals surface area contributed by atoms with Crippen molar-refractivity contribution < 1.29 is 0 Å². The lowest BCUT2D eigenvalue weighted by Gasteiger charge is -2.07. The quantitative estimate of drug-likeness (QED) is 0.774. The molecule has 3 nitrogen and oxygen atoms in total. The van der Waals surface area contributed by atoms with Gasteiger partial charge in [0.15, 0.2) is 5.13 Å². The maximum Gasteiger partial charge on any atom is 0.183 e. The van der Waals surface area contributed by atoms with Crippen molar-refractivity contribution in [3.05, 3.63) is 40.9 Å². The fourth-order valence-electron chi connectivity index (χ4n) is 2.36. The molecule has 20 heavy (non-hydrogen) atoms. The second kappa shape index (κ2) is 5.21. The van der Waals surface area contributed by atoms with Crippen LogP contribution in [0, 0.1) is 13.8 Å². The molecule has 4 heteroatoms. The number of hydrogen-bond acceptors (Lipinski definition) is 4. The summed E-state index contributed by atoms with van der Waals surface area (Å²) in [5.41, 5.74) is 5.48. The molecule has 0 amide bonds. The maximum atomic E-state index is 4.67. The standard InChI is InChI=1S/C16H17N3S/c1-4-17-16-19-14(9-20-16)13-8-11(3)18-15-10(2)6-5-7-12(13)15/h5-9H,4H2,1-3H3,(H,17,19). The summed E-state index contributed by atoms with van der Waals surface area (Å²) in [5.74, 6) is 0. The topological polar surface area (TPSA) is 37.8 Å². The molecule has 0 radical (unpaired) electrons. The Kier molecular flexibility index (Phi) is 3.40. The Morgan fingerprint density at radius 2 is 2.05 bits per heavy atom. The minimum Gasteiger partial charge on any atom is -0.362 e. The number of benzene rings is 1. The average molecular weight is 283 g/mol. The highest BCUT2D eigenvalue weighted by Gasteiger charge is 2.11. The number of aryl methyl sites for hydroxylation is 2. The SMILES string of the molecule is CCNc1nc(-c2cc(C)nc3c(C)cccc23)cs1. The van der Waals surface area contributed by atoms with E-state index in [4.69, 9.17) is 0 Å². The highest BCUT2D eigenvalue weighted by Crippen LogP contribution is 2.32. The van der Waals surface area contributed by atoms with E-state index in [1.807, 2.05) is 6.92 Å². The molecule has 1 N–H and O–H groups in total. The molecule has 2 heterocycles. The molecule has 0 aliphatic rings. The molecule has 3 rings (SSSR count). The van der Waals surface area contributed by atoms with E-state index in [1.165, 1.54) is 10.9 Å². The highest BCUT2D eigenvalue weighted by atomic mass is 32.1. The van der Waals surface area contributed by atoms with Crippen LogP contribution in [0.1, 0.15) is 18.2 Å². The number of fused-ring (bicyclic) bond motifs is 1. The van der Waals surface area contributed by atoms with E-state index in [9.17, 15) is 0 Å². The highest BCUT2D eigenvalue weighted by molar-refractivity contribution is 7.14. The lowest BCUT2D eigenvalue weighted by atomic mass is 10.0. The molecule has 0 saturated carbocycles. The van der Waals surface area contributed by atoms with Gasteiger partial charge < -0.3 is 5.32 Å². The van der Waals surface area contributed by atoms with Crippen LogP contribution in [0.25, 0.3) is 22.2 Å². The van der Waals surface area contributed by atoms with Gasteiger partial charge in [-0.3, -0.25) is 4.98 Å². The fourth-order valence-corrected chi connectivity index (χ4v) is 3.14. The van der Waals surface area contributed by atoms with Gasteiger partial charge in [-0.1, -0.05) is 18.2 Å². The largest absolute Gasteiger partial charge is 0.362 e. The van der Waals surface area contributed by atoms with E-state index in [-0.39, 0.29) is 0 Å². The Labute approximate surface area is 122 Å². The molecular formula is C16H17N3S. The number of hydrogen-bond donors (Lipinski definition) is 1. The summed E-state index contributed by atoms with van der Waals surface area (Å²) in [4.78, 5) is 9.34. The van der Waals surface area contributed by atoms with Crippen LogP contribution in [0.4, 0.5) is 5.13 Å². The third-order valence-corrected chi connectivity index (χ3v) is 4.08. The number of anilines is 1. The van der Waals surface area contributed by atoms with E-state index in [0.29, 0.717) is 0 Å². The Bertz CT molecular complexity index is 762. The van der Waals surface area contributed by atoms with Crippen molar-refractivity contribution in [1.29, 1.82) is 0 Å². The number of para-hydroxylation sites is 1. The first kappa shape index (κ1) is 13.1. The summed E-state index contributed by atoms with van der Waals surface area (Å²) in [6, 6.07) is 8.42. The third kappa shape index (κ3) is 2.27. The number of thiazole rings is 1. The Morgan fingerprint density at radius 3 is 2.85 bits per heavy atom. The van der Waals surface area contributed by atoms with Gasteiger partial charge in [0, 0.05) is 28.6 Å². The smallest absolute Gasteiger partial charge is 0.183 e. The zero-order valence-electron chi connectivity index (χ0n) is 11.9. The lowest BCUT2D eigenvalue weighted by Crippen LogP contribution is -1.95. The molecule has 102 valence electrons. The zero-order chi connectivity index (χ0) is 14.1.